The Morgan fingerprint density at radius 3 is 2.26 bits per heavy atom. The van der Waals surface area contributed by atoms with Gasteiger partial charge in [-0.05, 0) is 69.9 Å². The summed E-state index contributed by atoms with van der Waals surface area (Å²) in [5.74, 6) is -3.25. The highest BCUT2D eigenvalue weighted by molar-refractivity contribution is 5.92. The molecule has 0 aromatic rings. The van der Waals surface area contributed by atoms with Crippen LogP contribution in [0.4, 0.5) is 0 Å². The molecule has 1 saturated carbocycles. The molecule has 2 atom stereocenters. The number of carbonyl (C=O) groups excluding carboxylic acids is 2. The van der Waals surface area contributed by atoms with Crippen LogP contribution < -0.4 is 15.7 Å². The first-order valence-corrected chi connectivity index (χ1v) is 14.7. The van der Waals surface area contributed by atoms with Crippen molar-refractivity contribution < 1.29 is 34.5 Å². The summed E-state index contributed by atoms with van der Waals surface area (Å²) in [7, 11) is 0. The lowest BCUT2D eigenvalue weighted by Crippen LogP contribution is -2.47. The number of hydrogen-bond acceptors (Lipinski definition) is 7. The molecule has 1 aliphatic heterocycles. The van der Waals surface area contributed by atoms with Gasteiger partial charge in [-0.2, -0.15) is 0 Å². The third kappa shape index (κ3) is 12.8. The summed E-state index contributed by atoms with van der Waals surface area (Å²) in [6, 6.07) is -2.75. The number of carboxylic acids is 2. The zero-order valence-corrected chi connectivity index (χ0v) is 23.4. The van der Waals surface area contributed by atoms with E-state index in [0.29, 0.717) is 24.7 Å². The molecule has 2 aliphatic rings. The van der Waals surface area contributed by atoms with Crippen molar-refractivity contribution in [1.82, 2.24) is 15.5 Å². The van der Waals surface area contributed by atoms with Gasteiger partial charge in [-0.3, -0.25) is 19.4 Å². The number of likely N-dealkylation sites (N-methyl/N-ethyl adjacent to an activating group) is 1. The van der Waals surface area contributed by atoms with Crippen LogP contribution in [-0.2, 0) is 19.2 Å². The second-order valence-corrected chi connectivity index (χ2v) is 11.0. The molecule has 4 N–H and O–H groups in total. The molecule has 0 bridgehead atoms. The van der Waals surface area contributed by atoms with Gasteiger partial charge < -0.3 is 30.9 Å². The van der Waals surface area contributed by atoms with Gasteiger partial charge >= 0.3 is 11.9 Å². The molecule has 0 radical (unpaired) electrons. The predicted octanol–water partition coefficient (Wildman–Crippen LogP) is 1.93. The summed E-state index contributed by atoms with van der Waals surface area (Å²) < 4.78 is 0. The van der Waals surface area contributed by atoms with Crippen molar-refractivity contribution in [2.24, 2.45) is 16.8 Å². The second-order valence-electron chi connectivity index (χ2n) is 11.0. The summed E-state index contributed by atoms with van der Waals surface area (Å²) in [6.45, 7) is 3.66. The first kappa shape index (κ1) is 32.5. The zero-order chi connectivity index (χ0) is 28.6. The van der Waals surface area contributed by atoms with Gasteiger partial charge in [0, 0.05) is 19.5 Å². The average molecular weight is 552 g/mol. The summed E-state index contributed by atoms with van der Waals surface area (Å²) in [4.78, 5) is 53.7. The molecular formula is C28H47N4O7-. The zero-order valence-electron chi connectivity index (χ0n) is 23.4. The Hall–Kier alpha value is -2.69. The minimum atomic E-state index is -1.57. The van der Waals surface area contributed by atoms with Crippen LogP contribution in [0.3, 0.4) is 0 Å². The number of nitrogens with zero attached hydrogens (tertiary/aromatic N) is 2. The fourth-order valence-corrected chi connectivity index (χ4v) is 5.60. The third-order valence-corrected chi connectivity index (χ3v) is 7.94. The largest absolute Gasteiger partial charge is 0.861 e. The van der Waals surface area contributed by atoms with Gasteiger partial charge in [0.15, 0.2) is 0 Å². The number of nitrogens with one attached hydrogen (secondary N) is 2. The van der Waals surface area contributed by atoms with Crippen molar-refractivity contribution in [3.63, 3.8) is 0 Å². The van der Waals surface area contributed by atoms with Gasteiger partial charge in [-0.15, -0.1) is 0 Å². The Balaban J connectivity index is 1.90. The maximum atomic E-state index is 12.8. The molecule has 222 valence electrons. The van der Waals surface area contributed by atoms with Crippen molar-refractivity contribution in [3.05, 3.63) is 0 Å². The molecule has 1 saturated heterocycles. The average Bonchev–Trinajstić information content (AvgIpc) is 2.91. The molecule has 0 spiro atoms. The SMILES string of the molecule is CCN(CC([O-])=NC(CC(=O)O)C(=O)NC(CCCC1CCCCC1)C(=O)O)C(=O)CCCC1CCNCC1. The Morgan fingerprint density at radius 2 is 1.64 bits per heavy atom. The topological polar surface area (TPSA) is 171 Å². The Bertz CT molecular complexity index is 823. The van der Waals surface area contributed by atoms with Gasteiger partial charge in [0.2, 0.25) is 11.8 Å². The highest BCUT2D eigenvalue weighted by Gasteiger charge is 2.27. The number of aliphatic carboxylic acids is 2. The number of rotatable bonds is 17. The molecule has 0 aromatic carbocycles. The first-order chi connectivity index (χ1) is 18.7. The smallest absolute Gasteiger partial charge is 0.326 e. The number of hydrogen-bond donors (Lipinski definition) is 4. The van der Waals surface area contributed by atoms with E-state index >= 15 is 0 Å². The fraction of sp³-hybridized carbons (Fsp3) is 0.821. The van der Waals surface area contributed by atoms with Crippen LogP contribution in [0.2, 0.25) is 0 Å². The Labute approximate surface area is 231 Å². The van der Waals surface area contributed by atoms with E-state index in [-0.39, 0.29) is 25.4 Å². The van der Waals surface area contributed by atoms with E-state index in [9.17, 15) is 34.5 Å². The molecule has 39 heavy (non-hydrogen) atoms. The Kier molecular flexibility index (Phi) is 14.9. The number of piperidine rings is 1. The van der Waals surface area contributed by atoms with Gasteiger partial charge in [0.25, 0.3) is 0 Å². The third-order valence-electron chi connectivity index (χ3n) is 7.94. The van der Waals surface area contributed by atoms with E-state index in [1.165, 1.54) is 24.2 Å². The number of carboxylic acid groups (broad SMARTS) is 2. The highest BCUT2D eigenvalue weighted by atomic mass is 16.4. The first-order valence-electron chi connectivity index (χ1n) is 14.7. The van der Waals surface area contributed by atoms with Crippen molar-refractivity contribution >= 4 is 29.7 Å². The molecule has 0 aromatic heterocycles. The lowest BCUT2D eigenvalue weighted by molar-refractivity contribution is -0.220. The number of carbonyl (C=O) groups is 4. The quantitative estimate of drug-likeness (QED) is 0.157. The summed E-state index contributed by atoms with van der Waals surface area (Å²) in [5.41, 5.74) is 0. The Morgan fingerprint density at radius 1 is 1.00 bits per heavy atom. The van der Waals surface area contributed by atoms with E-state index < -0.39 is 42.2 Å². The van der Waals surface area contributed by atoms with Crippen molar-refractivity contribution in [2.75, 3.05) is 26.2 Å². The van der Waals surface area contributed by atoms with Crippen LogP contribution in [-0.4, -0.2) is 83.0 Å². The molecule has 2 fully saturated rings. The van der Waals surface area contributed by atoms with E-state index in [0.717, 1.165) is 58.0 Å². The van der Waals surface area contributed by atoms with Crippen LogP contribution in [0, 0.1) is 11.8 Å². The highest BCUT2D eigenvalue weighted by Crippen LogP contribution is 2.28. The number of aliphatic imine (C=N–C) groups is 1. The predicted molar refractivity (Wildman–Crippen MR) is 145 cm³/mol. The van der Waals surface area contributed by atoms with Crippen LogP contribution in [0.15, 0.2) is 4.99 Å². The van der Waals surface area contributed by atoms with E-state index in [4.69, 9.17) is 0 Å². The summed E-state index contributed by atoms with van der Waals surface area (Å²) >= 11 is 0. The van der Waals surface area contributed by atoms with Gasteiger partial charge in [-0.25, -0.2) is 4.79 Å². The maximum Gasteiger partial charge on any atom is 0.326 e. The maximum absolute atomic E-state index is 12.8. The van der Waals surface area contributed by atoms with Gasteiger partial charge in [0.05, 0.1) is 6.42 Å². The van der Waals surface area contributed by atoms with E-state index in [2.05, 4.69) is 15.6 Å². The molecule has 11 heteroatoms. The normalized spacial score (nSPS) is 18.7. The molecule has 1 aliphatic carbocycles. The minimum absolute atomic E-state index is 0.182. The lowest BCUT2D eigenvalue weighted by atomic mass is 9.85. The van der Waals surface area contributed by atoms with Crippen molar-refractivity contribution in [2.45, 2.75) is 109 Å². The number of amides is 2. The molecule has 2 unspecified atom stereocenters. The summed E-state index contributed by atoms with van der Waals surface area (Å²) in [6.07, 6.45) is 11.1. The van der Waals surface area contributed by atoms with Gasteiger partial charge in [-0.1, -0.05) is 44.9 Å². The van der Waals surface area contributed by atoms with E-state index in [1.807, 2.05) is 0 Å². The second kappa shape index (κ2) is 17.8. The fourth-order valence-electron chi connectivity index (χ4n) is 5.60. The molecule has 1 heterocycles. The minimum Gasteiger partial charge on any atom is -0.861 e. The van der Waals surface area contributed by atoms with Crippen LogP contribution in [0.5, 0.6) is 0 Å². The van der Waals surface area contributed by atoms with Crippen molar-refractivity contribution in [1.29, 1.82) is 0 Å². The molecular weight excluding hydrogens is 504 g/mol. The van der Waals surface area contributed by atoms with Gasteiger partial charge in [0.1, 0.15) is 12.1 Å². The molecule has 2 amide bonds. The van der Waals surface area contributed by atoms with E-state index in [1.54, 1.807) is 6.92 Å². The van der Waals surface area contributed by atoms with Crippen molar-refractivity contribution in [3.8, 4) is 0 Å². The van der Waals surface area contributed by atoms with Crippen LogP contribution >= 0.6 is 0 Å². The monoisotopic (exact) mass is 551 g/mol. The lowest BCUT2D eigenvalue weighted by Gasteiger charge is -2.26. The van der Waals surface area contributed by atoms with Crippen LogP contribution in [0.1, 0.15) is 96.8 Å². The standard InChI is InChI=1S/C28H48N4O7/c1-2-32(25(34)13-7-11-21-14-16-29-17-15-21)19-24(33)30-23(18-26(35)36)27(37)31-22(28(38)39)12-6-10-20-8-4-3-5-9-20/h20-23,29H,2-19H2,1H3,(H,30,33)(H,31,37)(H,35,36)(H,38,39)/p-1. The molecule has 11 nitrogen and oxygen atoms in total. The van der Waals surface area contributed by atoms with Crippen LogP contribution in [0.25, 0.3) is 0 Å². The molecule has 2 rings (SSSR count). The summed E-state index contributed by atoms with van der Waals surface area (Å²) in [5, 5.41) is 37.2.